The molecule has 0 saturated carbocycles. The lowest BCUT2D eigenvalue weighted by Gasteiger charge is -2.27. The van der Waals surface area contributed by atoms with Gasteiger partial charge in [-0.05, 0) is 32.7 Å². The highest BCUT2D eigenvalue weighted by atomic mass is 16.5. The molecule has 0 aromatic rings. The topological polar surface area (TPSA) is 24.5 Å². The third-order valence-electron chi connectivity index (χ3n) is 3.68. The van der Waals surface area contributed by atoms with Crippen molar-refractivity contribution in [1.82, 2.24) is 10.2 Å². The van der Waals surface area contributed by atoms with Crippen molar-refractivity contribution in [2.45, 2.75) is 51.2 Å². The second-order valence-corrected chi connectivity index (χ2v) is 5.29. The molecule has 2 aliphatic heterocycles. The molecule has 94 valence electrons. The first-order valence-corrected chi connectivity index (χ1v) is 6.92. The van der Waals surface area contributed by atoms with Crippen LogP contribution in [0.15, 0.2) is 0 Å². The SMILES string of the molecule is CC1CN(CC2CCCCCN2)CCCO1. The lowest BCUT2D eigenvalue weighted by atomic mass is 10.1. The zero-order valence-electron chi connectivity index (χ0n) is 10.6. The van der Waals surface area contributed by atoms with Gasteiger partial charge in [0.05, 0.1) is 6.10 Å². The molecular formula is C13H26N2O. The van der Waals surface area contributed by atoms with Crippen LogP contribution in [0.5, 0.6) is 0 Å². The Morgan fingerprint density at radius 2 is 2.19 bits per heavy atom. The van der Waals surface area contributed by atoms with Crippen LogP contribution in [0.2, 0.25) is 0 Å². The minimum absolute atomic E-state index is 0.410. The Hall–Kier alpha value is -0.120. The Balaban J connectivity index is 1.77. The summed E-state index contributed by atoms with van der Waals surface area (Å²) in [6.07, 6.45) is 7.12. The number of rotatable bonds is 2. The normalized spacial score (nSPS) is 34.3. The maximum atomic E-state index is 5.68. The van der Waals surface area contributed by atoms with Gasteiger partial charge in [0, 0.05) is 32.3 Å². The number of nitrogens with one attached hydrogen (secondary N) is 1. The summed E-state index contributed by atoms with van der Waals surface area (Å²) in [5.41, 5.74) is 0. The van der Waals surface area contributed by atoms with E-state index in [1.165, 1.54) is 51.7 Å². The lowest BCUT2D eigenvalue weighted by Crippen LogP contribution is -2.42. The molecule has 0 amide bonds. The number of hydrogen-bond donors (Lipinski definition) is 1. The average molecular weight is 226 g/mol. The van der Waals surface area contributed by atoms with E-state index in [1.807, 2.05) is 0 Å². The zero-order valence-corrected chi connectivity index (χ0v) is 10.6. The average Bonchev–Trinajstić information content (AvgIpc) is 2.61. The Kier molecular flexibility index (Phi) is 5.07. The van der Waals surface area contributed by atoms with Crippen LogP contribution >= 0.6 is 0 Å². The number of hydrogen-bond acceptors (Lipinski definition) is 3. The maximum Gasteiger partial charge on any atom is 0.0673 e. The maximum absolute atomic E-state index is 5.68. The summed E-state index contributed by atoms with van der Waals surface area (Å²) < 4.78 is 5.68. The van der Waals surface area contributed by atoms with Gasteiger partial charge in [-0.1, -0.05) is 12.8 Å². The van der Waals surface area contributed by atoms with E-state index in [0.717, 1.165) is 13.2 Å². The van der Waals surface area contributed by atoms with Gasteiger partial charge < -0.3 is 10.1 Å². The van der Waals surface area contributed by atoms with Crippen LogP contribution in [0.25, 0.3) is 0 Å². The summed E-state index contributed by atoms with van der Waals surface area (Å²) in [4.78, 5) is 2.58. The molecular weight excluding hydrogens is 200 g/mol. The highest BCUT2D eigenvalue weighted by Crippen LogP contribution is 2.12. The first-order valence-electron chi connectivity index (χ1n) is 6.92. The molecule has 2 fully saturated rings. The monoisotopic (exact) mass is 226 g/mol. The van der Waals surface area contributed by atoms with Gasteiger partial charge in [-0.15, -0.1) is 0 Å². The van der Waals surface area contributed by atoms with Gasteiger partial charge in [0.1, 0.15) is 0 Å². The molecule has 0 aromatic carbocycles. The Morgan fingerprint density at radius 1 is 1.25 bits per heavy atom. The van der Waals surface area contributed by atoms with Crippen molar-refractivity contribution in [2.75, 3.05) is 32.8 Å². The largest absolute Gasteiger partial charge is 0.377 e. The lowest BCUT2D eigenvalue weighted by molar-refractivity contribution is 0.0663. The second-order valence-electron chi connectivity index (χ2n) is 5.29. The smallest absolute Gasteiger partial charge is 0.0673 e. The molecule has 0 radical (unpaired) electrons. The summed E-state index contributed by atoms with van der Waals surface area (Å²) in [5.74, 6) is 0. The predicted octanol–water partition coefficient (Wildman–Crippen LogP) is 1.63. The molecule has 3 heteroatoms. The van der Waals surface area contributed by atoms with E-state index in [2.05, 4.69) is 17.1 Å². The molecule has 3 nitrogen and oxygen atoms in total. The predicted molar refractivity (Wildman–Crippen MR) is 66.7 cm³/mol. The highest BCUT2D eigenvalue weighted by Gasteiger charge is 2.19. The van der Waals surface area contributed by atoms with E-state index in [-0.39, 0.29) is 0 Å². The first kappa shape index (κ1) is 12.3. The van der Waals surface area contributed by atoms with Crippen LogP contribution in [0.4, 0.5) is 0 Å². The van der Waals surface area contributed by atoms with Crippen molar-refractivity contribution >= 4 is 0 Å². The molecule has 0 aromatic heterocycles. The van der Waals surface area contributed by atoms with Gasteiger partial charge in [-0.2, -0.15) is 0 Å². The van der Waals surface area contributed by atoms with Crippen LogP contribution < -0.4 is 5.32 Å². The third kappa shape index (κ3) is 4.04. The van der Waals surface area contributed by atoms with Gasteiger partial charge in [-0.3, -0.25) is 4.90 Å². The first-order chi connectivity index (χ1) is 7.84. The fourth-order valence-electron chi connectivity index (χ4n) is 2.81. The van der Waals surface area contributed by atoms with Crippen LogP contribution in [0.1, 0.15) is 39.0 Å². The van der Waals surface area contributed by atoms with Gasteiger partial charge >= 0.3 is 0 Å². The summed E-state index contributed by atoms with van der Waals surface area (Å²) in [7, 11) is 0. The fraction of sp³-hybridized carbons (Fsp3) is 1.00. The van der Waals surface area contributed by atoms with Crippen molar-refractivity contribution < 1.29 is 4.74 Å². The molecule has 2 aliphatic rings. The van der Waals surface area contributed by atoms with Crippen molar-refractivity contribution in [3.63, 3.8) is 0 Å². The molecule has 0 aliphatic carbocycles. The number of nitrogens with zero attached hydrogens (tertiary/aromatic N) is 1. The van der Waals surface area contributed by atoms with Gasteiger partial charge in [0.2, 0.25) is 0 Å². The quantitative estimate of drug-likeness (QED) is 0.774. The highest BCUT2D eigenvalue weighted by molar-refractivity contribution is 4.77. The molecule has 2 heterocycles. The van der Waals surface area contributed by atoms with Gasteiger partial charge in [0.15, 0.2) is 0 Å². The summed E-state index contributed by atoms with van der Waals surface area (Å²) in [5, 5.41) is 3.68. The molecule has 2 saturated heterocycles. The van der Waals surface area contributed by atoms with E-state index in [1.54, 1.807) is 0 Å². The van der Waals surface area contributed by atoms with Gasteiger partial charge in [0.25, 0.3) is 0 Å². The molecule has 2 rings (SSSR count). The van der Waals surface area contributed by atoms with Crippen LogP contribution in [0.3, 0.4) is 0 Å². The minimum atomic E-state index is 0.410. The zero-order chi connectivity index (χ0) is 11.2. The summed E-state index contributed by atoms with van der Waals surface area (Å²) in [6.45, 7) is 7.88. The molecule has 2 atom stereocenters. The molecule has 0 spiro atoms. The van der Waals surface area contributed by atoms with E-state index < -0.39 is 0 Å². The molecule has 16 heavy (non-hydrogen) atoms. The fourth-order valence-corrected chi connectivity index (χ4v) is 2.81. The summed E-state index contributed by atoms with van der Waals surface area (Å²) >= 11 is 0. The van der Waals surface area contributed by atoms with Crippen molar-refractivity contribution in [3.05, 3.63) is 0 Å². The van der Waals surface area contributed by atoms with E-state index >= 15 is 0 Å². The third-order valence-corrected chi connectivity index (χ3v) is 3.68. The van der Waals surface area contributed by atoms with Crippen molar-refractivity contribution in [2.24, 2.45) is 0 Å². The van der Waals surface area contributed by atoms with E-state index in [9.17, 15) is 0 Å². The van der Waals surface area contributed by atoms with Crippen molar-refractivity contribution in [3.8, 4) is 0 Å². The van der Waals surface area contributed by atoms with Gasteiger partial charge in [-0.25, -0.2) is 0 Å². The minimum Gasteiger partial charge on any atom is -0.377 e. The standard InChI is InChI=1S/C13H26N2O/c1-12-10-15(8-5-9-16-12)11-13-6-3-2-4-7-14-13/h12-14H,2-11H2,1H3. The Bertz CT molecular complexity index is 190. The van der Waals surface area contributed by atoms with Crippen molar-refractivity contribution in [1.29, 1.82) is 0 Å². The Labute approximate surface area is 99.5 Å². The van der Waals surface area contributed by atoms with Crippen LogP contribution in [0, 0.1) is 0 Å². The van der Waals surface area contributed by atoms with Crippen LogP contribution in [-0.4, -0.2) is 49.8 Å². The Morgan fingerprint density at radius 3 is 3.12 bits per heavy atom. The molecule has 0 bridgehead atoms. The summed E-state index contributed by atoms with van der Waals surface area (Å²) in [6, 6.07) is 0.716. The van der Waals surface area contributed by atoms with E-state index in [0.29, 0.717) is 12.1 Å². The van der Waals surface area contributed by atoms with Crippen LogP contribution in [-0.2, 0) is 4.74 Å². The van der Waals surface area contributed by atoms with E-state index in [4.69, 9.17) is 4.74 Å². The second kappa shape index (κ2) is 6.58. The molecule has 2 unspecified atom stereocenters. The number of ether oxygens (including phenoxy) is 1. The molecule has 1 N–H and O–H groups in total.